The number of unbranched alkanes of at least 4 members (excludes halogenated alkanes) is 10. The Kier molecular flexibility index (Phi) is 26.4. The fourth-order valence-corrected chi connectivity index (χ4v) is 18.7. The molecule has 35 nitrogen and oxygen atoms in total. The summed E-state index contributed by atoms with van der Waals surface area (Å²) in [6.45, 7) is 12.6. The van der Waals surface area contributed by atoms with Crippen LogP contribution < -0.4 is 5.73 Å². The zero-order chi connectivity index (χ0) is 95.8. The Hall–Kier alpha value is -15.9. The molecule has 5 aromatic heterocycles. The van der Waals surface area contributed by atoms with Gasteiger partial charge in [-0.25, -0.2) is 33.6 Å². The Morgan fingerprint density at radius 3 is 1.20 bits per heavy atom. The van der Waals surface area contributed by atoms with Gasteiger partial charge in [-0.1, -0.05) is 141 Å². The molecule has 9 aliphatic rings. The van der Waals surface area contributed by atoms with Crippen molar-refractivity contribution >= 4 is 204 Å². The zero-order valence-electron chi connectivity index (χ0n) is 73.6. The van der Waals surface area contributed by atoms with Crippen LogP contribution in [0.15, 0.2) is 151 Å². The number of ether oxygens (including phenoxy) is 5. The molecule has 0 radical (unpaired) electrons. The second kappa shape index (κ2) is 38.5. The maximum atomic E-state index is 13.7. The predicted molar refractivity (Wildman–Crippen MR) is 490 cm³/mol. The molecule has 21 rings (SSSR count). The third kappa shape index (κ3) is 16.0. The number of nitrogens with two attached hydrogens (primary N) is 1. The largest absolute Gasteiger partial charge is 0.481 e. The number of hydrogen-bond donors (Lipinski definition) is 4. The summed E-state index contributed by atoms with van der Waals surface area (Å²) in [5.41, 5.74) is 14.0. The number of nitrogens with zero attached hydrogens (tertiary/aromatic N) is 10. The molecular formula is C100H87N11O24. The van der Waals surface area contributed by atoms with Crippen molar-refractivity contribution in [3.8, 4) is 0 Å². The van der Waals surface area contributed by atoms with Gasteiger partial charge in [0.25, 0.3) is 47.3 Å². The van der Waals surface area contributed by atoms with Gasteiger partial charge in [-0.05, 0) is 48.7 Å². The monoisotopic (exact) mass is 1830 g/mol. The fraction of sp³-hybridized carbons (Fsp3) is 0.280. The van der Waals surface area contributed by atoms with Crippen molar-refractivity contribution < 1.29 is 116 Å². The number of likely N-dealkylation sites (tertiary alicyclic amines) is 1. The molecule has 5 N–H and O–H groups in total. The number of cyclic esters (lactones) is 4. The molecule has 12 aromatic rings. The Morgan fingerprint density at radius 2 is 0.763 bits per heavy atom. The normalized spacial score (nSPS) is 16.1. The van der Waals surface area contributed by atoms with Gasteiger partial charge in [-0.15, -0.1) is 0 Å². The number of esters is 7. The summed E-state index contributed by atoms with van der Waals surface area (Å²) in [6.07, 6.45) is 27.4. The highest BCUT2D eigenvalue weighted by Gasteiger charge is 2.53. The smallest absolute Gasteiger partial charge is 0.348 e. The van der Waals surface area contributed by atoms with Gasteiger partial charge >= 0.3 is 47.8 Å². The number of rotatable bonds is 25. The van der Waals surface area contributed by atoms with Gasteiger partial charge in [0.15, 0.2) is 6.61 Å². The first kappa shape index (κ1) is 92.4. The van der Waals surface area contributed by atoms with E-state index < -0.39 is 77.3 Å². The number of carbonyl (C=O) groups excluding carboxylic acids is 15. The lowest BCUT2D eigenvalue weighted by molar-refractivity contribution is -0.154. The molecule has 2 atom stereocenters. The number of hydrogen-bond acceptors (Lipinski definition) is 30. The van der Waals surface area contributed by atoms with E-state index in [1.54, 1.807) is 80.0 Å². The van der Waals surface area contributed by atoms with Gasteiger partial charge in [0.2, 0.25) is 0 Å². The number of aliphatic hydroxyl groups is 2. The summed E-state index contributed by atoms with van der Waals surface area (Å²) in [4.78, 5) is 231. The first-order valence-electron chi connectivity index (χ1n) is 44.0. The summed E-state index contributed by atoms with van der Waals surface area (Å²) in [5, 5.41) is 33.3. The number of allylic oxidation sites excluding steroid dienone is 3. The molecule has 7 aliphatic heterocycles. The fourth-order valence-electron chi connectivity index (χ4n) is 18.7. The molecule has 12 heterocycles. The highest BCUT2D eigenvalue weighted by Crippen LogP contribution is 2.54. The molecule has 1 fully saturated rings. The number of β-amino-alcohol motifs (C(OH)–C–C–N with tert-alkyl or cyclic N) is 1. The number of piperidine rings is 1. The van der Waals surface area contributed by atoms with E-state index >= 15 is 0 Å². The summed E-state index contributed by atoms with van der Waals surface area (Å²) in [6, 6.07) is 17.1. The van der Waals surface area contributed by atoms with Crippen molar-refractivity contribution in [1.29, 1.82) is 0 Å². The van der Waals surface area contributed by atoms with Gasteiger partial charge in [-0.3, -0.25) is 92.7 Å². The van der Waals surface area contributed by atoms with Crippen LogP contribution in [0.5, 0.6) is 0 Å². The Bertz CT molecular complexity index is 6900. The van der Waals surface area contributed by atoms with Crippen LogP contribution >= 0.6 is 0 Å². The molecule has 8 amide bonds. The quantitative estimate of drug-likeness (QED) is 0.00603. The molecule has 35 heteroatoms. The number of pyridine rings is 5. The van der Waals surface area contributed by atoms with Crippen molar-refractivity contribution in [3.05, 3.63) is 213 Å². The van der Waals surface area contributed by atoms with Crippen LogP contribution in [0.4, 0.5) is 0 Å². The van der Waals surface area contributed by atoms with E-state index in [1.807, 2.05) is 12.1 Å². The number of fused-ring (bicyclic) bond motifs is 6. The number of carboxylic acids is 1. The molecule has 0 bridgehead atoms. The molecule has 2 unspecified atom stereocenters. The van der Waals surface area contributed by atoms with Crippen molar-refractivity contribution in [2.75, 3.05) is 66.3 Å². The minimum absolute atomic E-state index is 0.0972. The number of aliphatic hydroxyl groups excluding tert-OH is 2. The third-order valence-electron chi connectivity index (χ3n) is 24.9. The average Bonchev–Trinajstić information content (AvgIpc) is 0.693. The summed E-state index contributed by atoms with van der Waals surface area (Å²) >= 11 is 0. The minimum atomic E-state index is -0.749. The van der Waals surface area contributed by atoms with Gasteiger partial charge in [-0.2, -0.15) is 0 Å². The van der Waals surface area contributed by atoms with E-state index in [1.165, 1.54) is 54.5 Å². The number of amides is 8. The van der Waals surface area contributed by atoms with E-state index in [9.17, 15) is 81.8 Å². The van der Waals surface area contributed by atoms with Crippen LogP contribution in [0, 0.1) is 11.8 Å². The van der Waals surface area contributed by atoms with Crippen LogP contribution in [0.25, 0.3) is 103 Å². The standard InChI is InChI=1S/C35H32N4O6.C32H28N4O5.C22H6N2O6.C6H8O4.C3H6O2.C2H7NO/c1-3-5-6-7-8-9-14-38-32(41)21-12-10-19-28-26(21)23(34(38)43)17-36-30(28)20-11-13-22-27-24(18-37-31(19)29(20)27)35(44)39(33(22)42)15-16-45-25(40)4-2;1-2-3-4-5-6-7-12-35-29(38)19-10-8-17-25-23(19)21(31(35)40)15-33-27(25)18-9-11-20-24-22(16-34-28(17)26(18)24)32(41)36(13-14-37)30(20)39;25-19-9-3-1-7-15-13(9)11(21(27)29-19)6-24-18(15)8-2-4-10-14-12(22(28)30-20(10)26)5-23-17(7)16(8)14;1-3-5(7)10-4-6(8)9-2;1-2-3(4)5;3-1-2-4/h4,10-13,17-18,26,28H,2-3,5-9,14-16H2,1H3;8-11,15-16,37H,2-7,12-14H2,1H3;1-6H;3H,1,4H2,2H3;2H2,1H3,(H,4,5);4H,1-3H2. The second-order valence-electron chi connectivity index (χ2n) is 32.6. The number of benzene rings is 7. The van der Waals surface area contributed by atoms with Crippen LogP contribution in [0.1, 0.15) is 219 Å². The predicted octanol–water partition coefficient (Wildman–Crippen LogP) is 12.1. The lowest BCUT2D eigenvalue weighted by Gasteiger charge is -2.44. The van der Waals surface area contributed by atoms with Crippen molar-refractivity contribution in [1.82, 2.24) is 44.5 Å². The van der Waals surface area contributed by atoms with E-state index in [0.717, 1.165) is 97.3 Å². The van der Waals surface area contributed by atoms with E-state index in [2.05, 4.69) is 51.4 Å². The highest BCUT2D eigenvalue weighted by atomic mass is 16.6. The number of methoxy groups -OCH3 is 1. The maximum absolute atomic E-state index is 13.7. The van der Waals surface area contributed by atoms with Crippen LogP contribution in [0.3, 0.4) is 0 Å². The Balaban J connectivity index is 0.000000135. The molecule has 2 aliphatic carbocycles. The van der Waals surface area contributed by atoms with E-state index in [-0.39, 0.29) is 103 Å². The van der Waals surface area contributed by atoms with Crippen molar-refractivity contribution in [3.63, 3.8) is 0 Å². The van der Waals surface area contributed by atoms with Crippen molar-refractivity contribution in [2.45, 2.75) is 104 Å². The molecule has 7 aromatic carbocycles. The van der Waals surface area contributed by atoms with Gasteiger partial charge < -0.3 is 44.7 Å². The maximum Gasteiger partial charge on any atom is 0.348 e. The van der Waals surface area contributed by atoms with Crippen LogP contribution in [-0.2, 0) is 52.5 Å². The molecular weight excluding hydrogens is 1740 g/mol. The number of carboxylic acid groups (broad SMARTS) is 1. The first-order valence-corrected chi connectivity index (χ1v) is 44.0. The number of aliphatic carboxylic acids is 1. The number of aromatic nitrogens is 5. The molecule has 0 spiro atoms. The molecule has 1 saturated heterocycles. The Morgan fingerprint density at radius 1 is 0.407 bits per heavy atom. The van der Waals surface area contributed by atoms with Gasteiger partial charge in [0.05, 0.1) is 106 Å². The SMILES string of the molecule is C=CC(=O)OCC(=O)OC.C=CC(=O)OCCN1C(=O)c2ccc3c4c(ncc(c24)C1=O)C1=CC=C2C(=O)N(CCCCCCCC)C(=O)C4=CN=C3C1C24.CCC(=O)O.CCCCCCCCN1C(=O)c2ccc3c4ncc5c6c(ccc(c7ncc(c2c37)C1=O)c64)C(=O)N(CCO)C5=O.NCCO.O=C1OC(=O)c2cnc3c4ccc5c6c(cnc(c7ccc1c2c73)c64)C(=O)OC5=O. The Labute approximate surface area is 766 Å². The summed E-state index contributed by atoms with van der Waals surface area (Å²) < 4.78 is 23.1. The van der Waals surface area contributed by atoms with Crippen LogP contribution in [0.2, 0.25) is 0 Å². The lowest BCUT2D eigenvalue weighted by Crippen LogP contribution is -2.51. The van der Waals surface area contributed by atoms with E-state index in [4.69, 9.17) is 45.1 Å². The van der Waals surface area contributed by atoms with E-state index in [0.29, 0.717) is 167 Å². The van der Waals surface area contributed by atoms with Gasteiger partial charge in [0.1, 0.15) is 6.61 Å². The zero-order valence-corrected chi connectivity index (χ0v) is 73.6. The molecule has 686 valence electrons. The third-order valence-corrected chi connectivity index (χ3v) is 24.9. The number of carbonyl (C=O) groups is 16. The number of imide groups is 4. The van der Waals surface area contributed by atoms with Gasteiger partial charge in [0, 0.05) is 196 Å². The van der Waals surface area contributed by atoms with Crippen LogP contribution in [-0.4, -0.2) is 227 Å². The first-order chi connectivity index (χ1) is 65.3. The highest BCUT2D eigenvalue weighted by molar-refractivity contribution is 6.42. The second-order valence-corrected chi connectivity index (χ2v) is 32.6. The number of aliphatic imine (C=N–C) groups is 1. The lowest BCUT2D eigenvalue weighted by atomic mass is 9.63. The minimum Gasteiger partial charge on any atom is -0.481 e. The topological polar surface area (TPSA) is 496 Å². The summed E-state index contributed by atoms with van der Waals surface area (Å²) in [7, 11) is 1.21. The van der Waals surface area contributed by atoms with Crippen molar-refractivity contribution in [2.24, 2.45) is 22.6 Å². The summed E-state index contributed by atoms with van der Waals surface area (Å²) in [5.74, 6) is -9.58. The molecule has 0 saturated carbocycles. The molecule has 135 heavy (non-hydrogen) atoms. The average molecular weight is 1830 g/mol.